The molecule has 3 aromatic carbocycles. The maximum atomic E-state index is 14.8. The summed E-state index contributed by atoms with van der Waals surface area (Å²) in [6.45, 7) is 1.84. The molecular formula is C24H16F6O. The second-order valence-electron chi connectivity index (χ2n) is 6.73. The van der Waals surface area contributed by atoms with Gasteiger partial charge in [-0.3, -0.25) is 0 Å². The molecule has 1 nitrogen and oxygen atoms in total. The van der Waals surface area contributed by atoms with Crippen LogP contribution >= 0.6 is 0 Å². The summed E-state index contributed by atoms with van der Waals surface area (Å²) in [5, 5.41) is 1.04. The van der Waals surface area contributed by atoms with Gasteiger partial charge in [-0.25, -0.2) is 13.2 Å². The van der Waals surface area contributed by atoms with Crippen molar-refractivity contribution in [3.05, 3.63) is 89.3 Å². The first-order valence-electron chi connectivity index (χ1n) is 9.20. The molecule has 0 atom stereocenters. The Labute approximate surface area is 175 Å². The van der Waals surface area contributed by atoms with Crippen molar-refractivity contribution in [2.45, 2.75) is 19.0 Å². The quantitative estimate of drug-likeness (QED) is 0.246. The SMILES string of the molecule is C=CCCc1ccc2c(F)c(C#Cc3cc(F)c(OCC(F)(F)F)c(F)c3)ccc2c1. The third-order valence-corrected chi connectivity index (χ3v) is 4.38. The van der Waals surface area contributed by atoms with Gasteiger partial charge in [0.05, 0.1) is 5.56 Å². The summed E-state index contributed by atoms with van der Waals surface area (Å²) < 4.78 is 83.4. The van der Waals surface area contributed by atoms with Gasteiger partial charge in [-0.05, 0) is 42.0 Å². The molecule has 0 N–H and O–H groups in total. The average molecular weight is 434 g/mol. The highest BCUT2D eigenvalue weighted by Crippen LogP contribution is 2.26. The molecule has 0 fully saturated rings. The van der Waals surface area contributed by atoms with Gasteiger partial charge >= 0.3 is 6.18 Å². The molecule has 0 aliphatic carbocycles. The number of allylic oxidation sites excluding steroid dienone is 1. The molecule has 0 aromatic heterocycles. The van der Waals surface area contributed by atoms with Gasteiger partial charge in [-0.1, -0.05) is 42.2 Å². The van der Waals surface area contributed by atoms with Gasteiger partial charge in [-0.2, -0.15) is 13.2 Å². The lowest BCUT2D eigenvalue weighted by molar-refractivity contribution is -0.154. The Bertz CT molecular complexity index is 1160. The third kappa shape index (κ3) is 5.60. The number of benzene rings is 3. The van der Waals surface area contributed by atoms with E-state index in [-0.39, 0.29) is 11.1 Å². The Balaban J connectivity index is 1.87. The summed E-state index contributed by atoms with van der Waals surface area (Å²) in [5.74, 6) is 0.545. The molecule has 0 unspecified atom stereocenters. The summed E-state index contributed by atoms with van der Waals surface area (Å²) in [6, 6.07) is 9.91. The molecular weight excluding hydrogens is 418 g/mol. The normalized spacial score (nSPS) is 11.2. The van der Waals surface area contributed by atoms with Crippen LogP contribution in [0.1, 0.15) is 23.1 Å². The molecule has 3 aromatic rings. The number of hydrogen-bond acceptors (Lipinski definition) is 1. The third-order valence-electron chi connectivity index (χ3n) is 4.38. The first-order chi connectivity index (χ1) is 14.7. The van der Waals surface area contributed by atoms with Gasteiger partial charge in [0, 0.05) is 10.9 Å². The summed E-state index contributed by atoms with van der Waals surface area (Å²) in [4.78, 5) is 0. The molecule has 0 radical (unpaired) electrons. The molecule has 0 aliphatic heterocycles. The maximum absolute atomic E-state index is 14.8. The van der Waals surface area contributed by atoms with Gasteiger partial charge in [0.15, 0.2) is 24.0 Å². The van der Waals surface area contributed by atoms with Crippen LogP contribution in [-0.2, 0) is 6.42 Å². The highest BCUT2D eigenvalue weighted by Gasteiger charge is 2.29. The van der Waals surface area contributed by atoms with Crippen molar-refractivity contribution in [1.82, 2.24) is 0 Å². The van der Waals surface area contributed by atoms with Gasteiger partial charge in [-0.15, -0.1) is 6.58 Å². The molecule has 0 aliphatic rings. The zero-order valence-corrected chi connectivity index (χ0v) is 16.1. The Morgan fingerprint density at radius 1 is 0.935 bits per heavy atom. The highest BCUT2D eigenvalue weighted by molar-refractivity contribution is 5.85. The second-order valence-corrected chi connectivity index (χ2v) is 6.73. The Morgan fingerprint density at radius 2 is 1.65 bits per heavy atom. The van der Waals surface area contributed by atoms with Crippen LogP contribution in [-0.4, -0.2) is 12.8 Å². The standard InChI is InChI=1S/C24H16F6O/c1-2-3-4-15-6-10-19-18(11-15)9-8-17(22(19)27)7-5-16-12-20(25)23(21(26)13-16)31-14-24(28,29)30/h2,6,8-13H,1,3-4,14H2. The molecule has 0 saturated carbocycles. The summed E-state index contributed by atoms with van der Waals surface area (Å²) in [6.07, 6.45) is -1.37. The zero-order chi connectivity index (χ0) is 22.6. The van der Waals surface area contributed by atoms with E-state index >= 15 is 0 Å². The largest absolute Gasteiger partial charge is 0.478 e. The summed E-state index contributed by atoms with van der Waals surface area (Å²) >= 11 is 0. The fraction of sp³-hybridized carbons (Fsp3) is 0.167. The molecule has 3 rings (SSSR count). The molecule has 0 spiro atoms. The minimum atomic E-state index is -4.74. The highest BCUT2D eigenvalue weighted by atomic mass is 19.4. The molecule has 31 heavy (non-hydrogen) atoms. The number of fused-ring (bicyclic) bond motifs is 1. The zero-order valence-electron chi connectivity index (χ0n) is 16.1. The van der Waals surface area contributed by atoms with Crippen molar-refractivity contribution in [3.8, 4) is 17.6 Å². The van der Waals surface area contributed by atoms with E-state index in [1.54, 1.807) is 24.3 Å². The van der Waals surface area contributed by atoms with Gasteiger partial charge < -0.3 is 4.74 Å². The Morgan fingerprint density at radius 3 is 2.29 bits per heavy atom. The van der Waals surface area contributed by atoms with Crippen molar-refractivity contribution in [3.63, 3.8) is 0 Å². The van der Waals surface area contributed by atoms with Crippen molar-refractivity contribution in [2.24, 2.45) is 0 Å². The monoisotopic (exact) mass is 434 g/mol. The number of ether oxygens (including phenoxy) is 1. The first-order valence-corrected chi connectivity index (χ1v) is 9.20. The van der Waals surface area contributed by atoms with Crippen LogP contribution in [0.3, 0.4) is 0 Å². The molecule has 0 bridgehead atoms. The van der Waals surface area contributed by atoms with Crippen LogP contribution in [0.5, 0.6) is 5.75 Å². The molecule has 0 heterocycles. The van der Waals surface area contributed by atoms with Crippen molar-refractivity contribution < 1.29 is 31.1 Å². The molecule has 0 saturated heterocycles. The van der Waals surface area contributed by atoms with E-state index in [9.17, 15) is 26.3 Å². The van der Waals surface area contributed by atoms with Crippen LogP contribution in [0.25, 0.3) is 10.8 Å². The summed E-state index contributed by atoms with van der Waals surface area (Å²) in [7, 11) is 0. The smallest absolute Gasteiger partial charge is 0.422 e. The Hall–Kier alpha value is -3.40. The number of hydrogen-bond donors (Lipinski definition) is 0. The van der Waals surface area contributed by atoms with Crippen LogP contribution < -0.4 is 4.74 Å². The number of alkyl halides is 3. The molecule has 7 heteroatoms. The van der Waals surface area contributed by atoms with Gasteiger partial charge in [0.1, 0.15) is 5.82 Å². The lowest BCUT2D eigenvalue weighted by Crippen LogP contribution is -2.20. The van der Waals surface area contributed by atoms with E-state index in [1.807, 2.05) is 6.07 Å². The van der Waals surface area contributed by atoms with E-state index in [0.717, 1.165) is 30.5 Å². The average Bonchev–Trinajstić information content (AvgIpc) is 2.70. The minimum Gasteiger partial charge on any atom is -0.478 e. The number of aryl methyl sites for hydroxylation is 1. The van der Waals surface area contributed by atoms with Crippen molar-refractivity contribution in [1.29, 1.82) is 0 Å². The fourth-order valence-corrected chi connectivity index (χ4v) is 2.93. The lowest BCUT2D eigenvalue weighted by atomic mass is 10.0. The van der Waals surface area contributed by atoms with E-state index in [2.05, 4.69) is 23.2 Å². The minimum absolute atomic E-state index is 0.0181. The van der Waals surface area contributed by atoms with E-state index in [1.165, 1.54) is 6.07 Å². The summed E-state index contributed by atoms with van der Waals surface area (Å²) in [5.41, 5.74) is 0.877. The van der Waals surface area contributed by atoms with E-state index in [0.29, 0.717) is 10.8 Å². The predicted octanol–water partition coefficient (Wildman–Crippen LogP) is 6.72. The number of halogens is 6. The van der Waals surface area contributed by atoms with Crippen LogP contribution in [0.2, 0.25) is 0 Å². The predicted molar refractivity (Wildman–Crippen MR) is 106 cm³/mol. The van der Waals surface area contributed by atoms with Crippen LogP contribution in [0.4, 0.5) is 26.3 Å². The van der Waals surface area contributed by atoms with Crippen molar-refractivity contribution >= 4 is 10.8 Å². The van der Waals surface area contributed by atoms with E-state index in [4.69, 9.17) is 0 Å². The van der Waals surface area contributed by atoms with Crippen LogP contribution in [0, 0.1) is 29.3 Å². The topological polar surface area (TPSA) is 9.23 Å². The fourth-order valence-electron chi connectivity index (χ4n) is 2.93. The van der Waals surface area contributed by atoms with E-state index < -0.39 is 36.0 Å². The second kappa shape index (κ2) is 9.17. The Kier molecular flexibility index (Phi) is 6.59. The lowest BCUT2D eigenvalue weighted by Gasteiger charge is -2.10. The van der Waals surface area contributed by atoms with Crippen LogP contribution in [0.15, 0.2) is 55.1 Å². The maximum Gasteiger partial charge on any atom is 0.422 e. The number of rotatable bonds is 5. The van der Waals surface area contributed by atoms with Gasteiger partial charge in [0.25, 0.3) is 0 Å². The molecule has 0 amide bonds. The first kappa shape index (κ1) is 22.3. The van der Waals surface area contributed by atoms with Crippen molar-refractivity contribution in [2.75, 3.05) is 6.61 Å². The molecule has 160 valence electrons. The van der Waals surface area contributed by atoms with Gasteiger partial charge in [0.2, 0.25) is 0 Å².